The van der Waals surface area contributed by atoms with Gasteiger partial charge in [0, 0.05) is 16.1 Å². The molecule has 1 aromatic carbocycles. The van der Waals surface area contributed by atoms with Crippen molar-refractivity contribution in [3.8, 4) is 5.82 Å². The molecule has 0 unspecified atom stereocenters. The number of ether oxygens (including phenoxy) is 1. The van der Waals surface area contributed by atoms with E-state index in [4.69, 9.17) is 4.74 Å². The van der Waals surface area contributed by atoms with Crippen LogP contribution in [0.15, 0.2) is 53.3 Å². The minimum absolute atomic E-state index is 0.492. The fourth-order valence-corrected chi connectivity index (χ4v) is 2.72. The van der Waals surface area contributed by atoms with E-state index in [9.17, 15) is 4.79 Å². The summed E-state index contributed by atoms with van der Waals surface area (Å²) >= 11 is 3.47. The lowest BCUT2D eigenvalue weighted by atomic mass is 10.2. The monoisotopic (exact) mass is 387 g/mol. The lowest BCUT2D eigenvalue weighted by Gasteiger charge is -2.19. The van der Waals surface area contributed by atoms with Crippen molar-refractivity contribution in [1.82, 2.24) is 9.55 Å². The Hall–Kier alpha value is -2.34. The number of nitrogens with one attached hydrogen (secondary N) is 1. The molecule has 0 spiro atoms. The van der Waals surface area contributed by atoms with Gasteiger partial charge in [-0.2, -0.15) is 0 Å². The maximum Gasteiger partial charge on any atom is 0.412 e. The van der Waals surface area contributed by atoms with Gasteiger partial charge in [0.2, 0.25) is 0 Å². The Kier molecular flexibility index (Phi) is 4.32. The molecule has 0 atom stereocenters. The van der Waals surface area contributed by atoms with Gasteiger partial charge in [0.25, 0.3) is 0 Å². The van der Waals surface area contributed by atoms with Crippen LogP contribution < -0.4 is 5.32 Å². The molecule has 0 aliphatic heterocycles. The van der Waals surface area contributed by atoms with Crippen molar-refractivity contribution in [2.24, 2.45) is 0 Å². The molecule has 0 aliphatic carbocycles. The van der Waals surface area contributed by atoms with Crippen LogP contribution in [0.25, 0.3) is 16.7 Å². The second-order valence-electron chi connectivity index (χ2n) is 6.42. The van der Waals surface area contributed by atoms with Gasteiger partial charge >= 0.3 is 6.09 Å². The molecule has 24 heavy (non-hydrogen) atoms. The lowest BCUT2D eigenvalue weighted by molar-refractivity contribution is 0.0636. The summed E-state index contributed by atoms with van der Waals surface area (Å²) in [5, 5.41) is 3.80. The summed E-state index contributed by atoms with van der Waals surface area (Å²) in [6.45, 7) is 5.47. The van der Waals surface area contributed by atoms with Crippen LogP contribution >= 0.6 is 15.9 Å². The van der Waals surface area contributed by atoms with Gasteiger partial charge in [-0.15, -0.1) is 0 Å². The van der Waals surface area contributed by atoms with Gasteiger partial charge in [0.15, 0.2) is 0 Å². The van der Waals surface area contributed by atoms with Crippen LogP contribution in [0.5, 0.6) is 0 Å². The highest BCUT2D eigenvalue weighted by Crippen LogP contribution is 2.23. The fraction of sp³-hybridized carbons (Fsp3) is 0.222. The van der Waals surface area contributed by atoms with Crippen LogP contribution in [0, 0.1) is 0 Å². The summed E-state index contributed by atoms with van der Waals surface area (Å²) in [7, 11) is 0. The number of benzene rings is 1. The first-order chi connectivity index (χ1) is 11.3. The second-order valence-corrected chi connectivity index (χ2v) is 7.34. The number of hydrogen-bond acceptors (Lipinski definition) is 3. The predicted molar refractivity (Wildman–Crippen MR) is 98.6 cm³/mol. The van der Waals surface area contributed by atoms with Crippen molar-refractivity contribution in [2.75, 3.05) is 5.32 Å². The number of rotatable bonds is 2. The fourth-order valence-electron chi connectivity index (χ4n) is 2.34. The van der Waals surface area contributed by atoms with Crippen LogP contribution in [-0.4, -0.2) is 21.2 Å². The Labute approximate surface area is 148 Å². The summed E-state index contributed by atoms with van der Waals surface area (Å²) in [6, 6.07) is 11.8. The number of nitrogens with zero attached hydrogens (tertiary/aromatic N) is 2. The average molecular weight is 388 g/mol. The first kappa shape index (κ1) is 16.5. The third-order valence-electron chi connectivity index (χ3n) is 3.29. The quantitative estimate of drug-likeness (QED) is 0.662. The van der Waals surface area contributed by atoms with E-state index >= 15 is 0 Å². The van der Waals surface area contributed by atoms with E-state index in [1.807, 2.05) is 55.8 Å². The molecule has 0 bridgehead atoms. The van der Waals surface area contributed by atoms with Crippen molar-refractivity contribution >= 4 is 38.6 Å². The van der Waals surface area contributed by atoms with Gasteiger partial charge in [0.05, 0.1) is 17.4 Å². The normalized spacial score (nSPS) is 11.5. The van der Waals surface area contributed by atoms with Gasteiger partial charge in [-0.1, -0.05) is 15.9 Å². The largest absolute Gasteiger partial charge is 0.444 e. The van der Waals surface area contributed by atoms with Gasteiger partial charge in [-0.05, 0) is 57.2 Å². The van der Waals surface area contributed by atoms with Gasteiger partial charge < -0.3 is 9.30 Å². The van der Waals surface area contributed by atoms with E-state index in [0.29, 0.717) is 5.69 Å². The van der Waals surface area contributed by atoms with Crippen LogP contribution in [0.4, 0.5) is 10.5 Å². The number of aromatic nitrogens is 2. The van der Waals surface area contributed by atoms with Gasteiger partial charge in [-0.3, -0.25) is 5.32 Å². The number of halogens is 1. The smallest absolute Gasteiger partial charge is 0.412 e. The van der Waals surface area contributed by atoms with Crippen molar-refractivity contribution in [1.29, 1.82) is 0 Å². The Morgan fingerprint density at radius 1 is 1.21 bits per heavy atom. The molecule has 2 heterocycles. The molecule has 5 nitrogen and oxygen atoms in total. The number of carbonyl (C=O) groups excluding carboxylic acids is 1. The van der Waals surface area contributed by atoms with Crippen molar-refractivity contribution in [3.63, 3.8) is 0 Å². The minimum atomic E-state index is -0.532. The summed E-state index contributed by atoms with van der Waals surface area (Å²) in [6.07, 6.45) is 3.10. The maximum atomic E-state index is 11.8. The van der Waals surface area contributed by atoms with E-state index in [-0.39, 0.29) is 0 Å². The number of pyridine rings is 1. The number of anilines is 1. The highest BCUT2D eigenvalue weighted by atomic mass is 79.9. The molecule has 3 rings (SSSR count). The minimum Gasteiger partial charge on any atom is -0.444 e. The van der Waals surface area contributed by atoms with Gasteiger partial charge in [-0.25, -0.2) is 9.78 Å². The van der Waals surface area contributed by atoms with E-state index in [1.54, 1.807) is 12.3 Å². The molecule has 0 saturated heterocycles. The van der Waals surface area contributed by atoms with Crippen LogP contribution in [-0.2, 0) is 4.74 Å². The highest BCUT2D eigenvalue weighted by molar-refractivity contribution is 9.10. The van der Waals surface area contributed by atoms with Crippen LogP contribution in [0.1, 0.15) is 20.8 Å². The Morgan fingerprint density at radius 2 is 2.00 bits per heavy atom. The molecule has 0 fully saturated rings. The van der Waals surface area contributed by atoms with E-state index in [2.05, 4.69) is 32.3 Å². The molecule has 0 radical (unpaired) electrons. The maximum absolute atomic E-state index is 11.8. The lowest BCUT2D eigenvalue weighted by Crippen LogP contribution is -2.27. The molecule has 1 N–H and O–H groups in total. The average Bonchev–Trinajstić information content (AvgIpc) is 2.89. The van der Waals surface area contributed by atoms with E-state index in [1.165, 1.54) is 0 Å². The third kappa shape index (κ3) is 3.76. The molecule has 3 aromatic rings. The molecule has 0 saturated carbocycles. The first-order valence-electron chi connectivity index (χ1n) is 7.55. The SMILES string of the molecule is CC(C)(C)OC(=O)Nc1ccc(-n2ccc3cc(Br)ccc32)nc1. The molecule has 1 amide bonds. The standard InChI is InChI=1S/C18H18BrN3O2/c1-18(2,3)24-17(23)21-14-5-7-16(20-11-14)22-9-8-12-10-13(19)4-6-15(12)22/h4-11H,1-3H3,(H,21,23). The predicted octanol–water partition coefficient (Wildman–Crippen LogP) is 5.14. The number of hydrogen-bond donors (Lipinski definition) is 1. The zero-order valence-electron chi connectivity index (χ0n) is 13.7. The molecule has 6 heteroatoms. The van der Waals surface area contributed by atoms with Gasteiger partial charge in [0.1, 0.15) is 11.4 Å². The summed E-state index contributed by atoms with van der Waals surface area (Å²) in [4.78, 5) is 16.2. The number of carbonyl (C=O) groups is 1. The summed E-state index contributed by atoms with van der Waals surface area (Å²) in [5.74, 6) is 0.780. The van der Waals surface area contributed by atoms with Crippen molar-refractivity contribution in [3.05, 3.63) is 53.3 Å². The zero-order chi connectivity index (χ0) is 17.3. The summed E-state index contributed by atoms with van der Waals surface area (Å²) < 4.78 is 8.26. The summed E-state index contributed by atoms with van der Waals surface area (Å²) in [5.41, 5.74) is 1.13. The number of amides is 1. The molecular weight excluding hydrogens is 370 g/mol. The van der Waals surface area contributed by atoms with Crippen LogP contribution in [0.3, 0.4) is 0 Å². The molecule has 0 aliphatic rings. The van der Waals surface area contributed by atoms with Crippen LogP contribution in [0.2, 0.25) is 0 Å². The topological polar surface area (TPSA) is 56.1 Å². The Bertz CT molecular complexity index is 879. The highest BCUT2D eigenvalue weighted by Gasteiger charge is 2.16. The zero-order valence-corrected chi connectivity index (χ0v) is 15.3. The Balaban J connectivity index is 1.80. The van der Waals surface area contributed by atoms with Crippen molar-refractivity contribution < 1.29 is 9.53 Å². The number of fused-ring (bicyclic) bond motifs is 1. The second kappa shape index (κ2) is 6.28. The third-order valence-corrected chi connectivity index (χ3v) is 3.79. The van der Waals surface area contributed by atoms with Crippen molar-refractivity contribution in [2.45, 2.75) is 26.4 Å². The first-order valence-corrected chi connectivity index (χ1v) is 8.34. The van der Waals surface area contributed by atoms with E-state index < -0.39 is 11.7 Å². The molecule has 2 aromatic heterocycles. The van der Waals surface area contributed by atoms with E-state index in [0.717, 1.165) is 21.2 Å². The molecule has 124 valence electrons. The molecular formula is C18H18BrN3O2. The Morgan fingerprint density at radius 3 is 2.67 bits per heavy atom.